The number of fused-ring (bicyclic) bond motifs is 1. The summed E-state index contributed by atoms with van der Waals surface area (Å²) in [6.45, 7) is 4.93. The number of nitrogens with one attached hydrogen (secondary N) is 2. The van der Waals surface area contributed by atoms with Gasteiger partial charge in [0.15, 0.2) is 6.61 Å². The summed E-state index contributed by atoms with van der Waals surface area (Å²) in [6, 6.07) is 12.0. The number of benzene rings is 2. The summed E-state index contributed by atoms with van der Waals surface area (Å²) in [5, 5.41) is 5.33. The Morgan fingerprint density at radius 1 is 0.900 bits per heavy atom. The van der Waals surface area contributed by atoms with Gasteiger partial charge in [-0.05, 0) is 87.6 Å². The van der Waals surface area contributed by atoms with Gasteiger partial charge in [-0.1, -0.05) is 6.07 Å². The van der Waals surface area contributed by atoms with Crippen LogP contribution >= 0.6 is 0 Å². The van der Waals surface area contributed by atoms with Crippen LogP contribution in [-0.2, 0) is 27.1 Å². The number of rotatable bonds is 5. The number of hydrogen-bond donors (Lipinski definition) is 2. The summed E-state index contributed by atoms with van der Waals surface area (Å²) in [4.78, 5) is 36.0. The molecule has 7 nitrogen and oxygen atoms in total. The molecule has 1 aliphatic rings. The number of aryl methyl sites for hydroxylation is 2. The molecule has 0 saturated carbocycles. The third-order valence-electron chi connectivity index (χ3n) is 4.48. The van der Waals surface area contributed by atoms with Crippen molar-refractivity contribution in [2.24, 2.45) is 0 Å². The van der Waals surface area contributed by atoms with Gasteiger partial charge in [0, 0.05) is 11.4 Å². The van der Waals surface area contributed by atoms with Crippen LogP contribution in [0.1, 0.15) is 48.7 Å². The van der Waals surface area contributed by atoms with Crippen LogP contribution in [0.15, 0.2) is 42.5 Å². The summed E-state index contributed by atoms with van der Waals surface area (Å²) >= 11 is 0. The predicted molar refractivity (Wildman–Crippen MR) is 114 cm³/mol. The van der Waals surface area contributed by atoms with Gasteiger partial charge in [0.25, 0.3) is 5.91 Å². The van der Waals surface area contributed by atoms with Crippen molar-refractivity contribution >= 4 is 29.3 Å². The van der Waals surface area contributed by atoms with Gasteiger partial charge < -0.3 is 14.8 Å². The second kappa shape index (κ2) is 8.98. The average Bonchev–Trinajstić information content (AvgIpc) is 3.13. The first kappa shape index (κ1) is 21.4. The maximum atomic E-state index is 12.2. The molecule has 3 rings (SSSR count). The van der Waals surface area contributed by atoms with Gasteiger partial charge in [-0.2, -0.15) is 0 Å². The fourth-order valence-corrected chi connectivity index (χ4v) is 3.17. The molecular formula is C23H26N2O5. The third-order valence-corrected chi connectivity index (χ3v) is 4.48. The van der Waals surface area contributed by atoms with Gasteiger partial charge in [0.1, 0.15) is 5.60 Å². The monoisotopic (exact) mass is 410 g/mol. The second-order valence-corrected chi connectivity index (χ2v) is 8.17. The zero-order chi connectivity index (χ0) is 21.7. The first-order valence-corrected chi connectivity index (χ1v) is 9.88. The SMILES string of the molecule is CC(C)(C)OC(=O)Nc1ccc(C(=O)OCC(=O)Nc2ccc3c(c2)CCC3)cc1. The van der Waals surface area contributed by atoms with Gasteiger partial charge in [-0.25, -0.2) is 9.59 Å². The molecule has 0 atom stereocenters. The van der Waals surface area contributed by atoms with Crippen molar-refractivity contribution in [2.75, 3.05) is 17.2 Å². The van der Waals surface area contributed by atoms with E-state index in [1.807, 2.05) is 18.2 Å². The van der Waals surface area contributed by atoms with Crippen LogP contribution in [-0.4, -0.2) is 30.2 Å². The van der Waals surface area contributed by atoms with Crippen LogP contribution in [0, 0.1) is 0 Å². The topological polar surface area (TPSA) is 93.7 Å². The molecule has 0 spiro atoms. The minimum atomic E-state index is -0.622. The summed E-state index contributed by atoms with van der Waals surface area (Å²) in [7, 11) is 0. The molecule has 2 aromatic carbocycles. The lowest BCUT2D eigenvalue weighted by Crippen LogP contribution is -2.27. The molecule has 0 saturated heterocycles. The normalized spacial score (nSPS) is 12.6. The van der Waals surface area contributed by atoms with Crippen molar-refractivity contribution in [1.29, 1.82) is 0 Å². The van der Waals surface area contributed by atoms with Gasteiger partial charge >= 0.3 is 12.1 Å². The van der Waals surface area contributed by atoms with E-state index < -0.39 is 23.6 Å². The Morgan fingerprint density at radius 2 is 1.57 bits per heavy atom. The van der Waals surface area contributed by atoms with E-state index in [0.717, 1.165) is 19.3 Å². The Hall–Kier alpha value is -3.35. The maximum absolute atomic E-state index is 12.2. The molecule has 0 radical (unpaired) electrons. The van der Waals surface area contributed by atoms with Gasteiger partial charge in [-0.15, -0.1) is 0 Å². The molecule has 1 aliphatic carbocycles. The number of esters is 1. The smallest absolute Gasteiger partial charge is 0.412 e. The van der Waals surface area contributed by atoms with E-state index in [9.17, 15) is 14.4 Å². The summed E-state index contributed by atoms with van der Waals surface area (Å²) in [6.07, 6.45) is 2.65. The summed E-state index contributed by atoms with van der Waals surface area (Å²) < 4.78 is 10.2. The van der Waals surface area contributed by atoms with E-state index in [0.29, 0.717) is 11.4 Å². The van der Waals surface area contributed by atoms with E-state index >= 15 is 0 Å². The number of carbonyl (C=O) groups is 3. The fraction of sp³-hybridized carbons (Fsp3) is 0.348. The quantitative estimate of drug-likeness (QED) is 0.716. The predicted octanol–water partition coefficient (Wildman–Crippen LogP) is 4.32. The zero-order valence-corrected chi connectivity index (χ0v) is 17.4. The number of carbonyl (C=O) groups excluding carboxylic acids is 3. The Labute approximate surface area is 175 Å². The number of anilines is 2. The first-order valence-electron chi connectivity index (χ1n) is 9.88. The highest BCUT2D eigenvalue weighted by atomic mass is 16.6. The van der Waals surface area contributed by atoms with E-state index in [1.165, 1.54) is 23.3 Å². The van der Waals surface area contributed by atoms with Crippen molar-refractivity contribution < 1.29 is 23.9 Å². The lowest BCUT2D eigenvalue weighted by Gasteiger charge is -2.19. The van der Waals surface area contributed by atoms with E-state index in [1.54, 1.807) is 32.9 Å². The first-order chi connectivity index (χ1) is 14.2. The number of amides is 2. The lowest BCUT2D eigenvalue weighted by molar-refractivity contribution is -0.119. The molecule has 2 aromatic rings. The van der Waals surface area contributed by atoms with Crippen molar-refractivity contribution in [3.63, 3.8) is 0 Å². The molecule has 0 bridgehead atoms. The molecule has 0 fully saturated rings. The van der Waals surface area contributed by atoms with E-state index in [-0.39, 0.29) is 12.2 Å². The summed E-state index contributed by atoms with van der Waals surface area (Å²) in [5.41, 5.74) is 3.43. The molecule has 0 aliphatic heterocycles. The molecule has 7 heteroatoms. The Bertz CT molecular complexity index is 945. The maximum Gasteiger partial charge on any atom is 0.412 e. The van der Waals surface area contributed by atoms with Gasteiger partial charge in [-0.3, -0.25) is 10.1 Å². The standard InChI is InChI=1S/C23H26N2O5/c1-23(2,3)30-22(28)25-18-10-8-16(9-11-18)21(27)29-14-20(26)24-19-12-7-15-5-4-6-17(15)13-19/h7-13H,4-6,14H2,1-3H3,(H,24,26)(H,25,28). The van der Waals surface area contributed by atoms with Gasteiger partial charge in [0.05, 0.1) is 5.56 Å². The molecule has 2 amide bonds. The molecule has 2 N–H and O–H groups in total. The van der Waals surface area contributed by atoms with Crippen LogP contribution in [0.25, 0.3) is 0 Å². The lowest BCUT2D eigenvalue weighted by atomic mass is 10.1. The van der Waals surface area contributed by atoms with E-state index in [4.69, 9.17) is 9.47 Å². The Morgan fingerprint density at radius 3 is 2.27 bits per heavy atom. The minimum absolute atomic E-state index is 0.273. The second-order valence-electron chi connectivity index (χ2n) is 8.17. The van der Waals surface area contributed by atoms with E-state index in [2.05, 4.69) is 10.6 Å². The number of hydrogen-bond acceptors (Lipinski definition) is 5. The fourth-order valence-electron chi connectivity index (χ4n) is 3.17. The minimum Gasteiger partial charge on any atom is -0.452 e. The summed E-state index contributed by atoms with van der Waals surface area (Å²) in [5.74, 6) is -1.02. The van der Waals surface area contributed by atoms with Crippen LogP contribution < -0.4 is 10.6 Å². The molecule has 0 unspecified atom stereocenters. The van der Waals surface area contributed by atoms with Crippen molar-refractivity contribution in [3.05, 3.63) is 59.2 Å². The Kier molecular flexibility index (Phi) is 6.40. The molecule has 0 heterocycles. The number of ether oxygens (including phenoxy) is 2. The Balaban J connectivity index is 1.47. The third kappa shape index (κ3) is 6.07. The van der Waals surface area contributed by atoms with Crippen molar-refractivity contribution in [2.45, 2.75) is 45.6 Å². The molecular weight excluding hydrogens is 384 g/mol. The van der Waals surface area contributed by atoms with Crippen LogP contribution in [0.2, 0.25) is 0 Å². The average molecular weight is 410 g/mol. The zero-order valence-electron chi connectivity index (χ0n) is 17.4. The van der Waals surface area contributed by atoms with Crippen molar-refractivity contribution in [3.8, 4) is 0 Å². The molecule has 30 heavy (non-hydrogen) atoms. The van der Waals surface area contributed by atoms with Crippen LogP contribution in [0.4, 0.5) is 16.2 Å². The largest absolute Gasteiger partial charge is 0.452 e. The van der Waals surface area contributed by atoms with Crippen LogP contribution in [0.3, 0.4) is 0 Å². The molecule has 158 valence electrons. The highest BCUT2D eigenvalue weighted by Gasteiger charge is 2.17. The highest BCUT2D eigenvalue weighted by Crippen LogP contribution is 2.24. The molecule has 0 aromatic heterocycles. The van der Waals surface area contributed by atoms with Crippen LogP contribution in [0.5, 0.6) is 0 Å². The van der Waals surface area contributed by atoms with Gasteiger partial charge in [0.2, 0.25) is 0 Å². The van der Waals surface area contributed by atoms with Crippen molar-refractivity contribution in [1.82, 2.24) is 0 Å². The highest BCUT2D eigenvalue weighted by molar-refractivity contribution is 5.96.